The molecule has 0 saturated heterocycles. The molecular formula is C28H31NO2. The van der Waals surface area contributed by atoms with Gasteiger partial charge < -0.3 is 14.7 Å². The Kier molecular flexibility index (Phi) is 8.08. The van der Waals surface area contributed by atoms with E-state index in [1.165, 1.54) is 0 Å². The lowest BCUT2D eigenvalue weighted by atomic mass is 9.89. The van der Waals surface area contributed by atoms with Gasteiger partial charge in [-0.25, -0.2) is 0 Å². The molecule has 0 heterocycles. The topological polar surface area (TPSA) is 32.7 Å². The fourth-order valence-corrected chi connectivity index (χ4v) is 3.64. The number of ether oxygens (including phenoxy) is 1. The molecule has 0 unspecified atom stereocenters. The van der Waals surface area contributed by atoms with Crippen molar-refractivity contribution in [1.82, 2.24) is 4.90 Å². The summed E-state index contributed by atoms with van der Waals surface area (Å²) in [6.45, 7) is 12.1. The number of phenolic OH excluding ortho intramolecular Hbond substituents is 1. The highest BCUT2D eigenvalue weighted by molar-refractivity contribution is 6.02. The molecule has 1 N–H and O–H groups in total. The normalized spacial score (nSPS) is 11.8. The second-order valence-electron chi connectivity index (χ2n) is 7.31. The smallest absolute Gasteiger partial charge is 0.119 e. The van der Waals surface area contributed by atoms with Gasteiger partial charge in [0.05, 0.1) is 0 Å². The van der Waals surface area contributed by atoms with Crippen molar-refractivity contribution in [2.45, 2.75) is 13.8 Å². The molecule has 0 aliphatic rings. The maximum Gasteiger partial charge on any atom is 0.119 e. The van der Waals surface area contributed by atoms with Gasteiger partial charge in [-0.15, -0.1) is 0 Å². The predicted molar refractivity (Wildman–Crippen MR) is 130 cm³/mol. The second kappa shape index (κ2) is 11.2. The van der Waals surface area contributed by atoms with Crippen LogP contribution in [0.3, 0.4) is 0 Å². The van der Waals surface area contributed by atoms with E-state index >= 15 is 0 Å². The molecular weight excluding hydrogens is 382 g/mol. The average Bonchev–Trinajstić information content (AvgIpc) is 2.82. The molecule has 0 saturated carbocycles. The minimum Gasteiger partial charge on any atom is -0.508 e. The van der Waals surface area contributed by atoms with Gasteiger partial charge in [0, 0.05) is 6.54 Å². The van der Waals surface area contributed by atoms with Gasteiger partial charge in [-0.05, 0) is 65.2 Å². The first-order chi connectivity index (χ1) is 15.2. The molecule has 3 aromatic rings. The monoisotopic (exact) mass is 413 g/mol. The summed E-state index contributed by atoms with van der Waals surface area (Å²) in [6.07, 6.45) is 1.89. The van der Waals surface area contributed by atoms with Crippen LogP contribution in [0.15, 0.2) is 91.5 Å². The van der Waals surface area contributed by atoms with Gasteiger partial charge in [0.2, 0.25) is 0 Å². The molecule has 0 aliphatic heterocycles. The van der Waals surface area contributed by atoms with Crippen LogP contribution in [0.25, 0.3) is 11.1 Å². The summed E-state index contributed by atoms with van der Waals surface area (Å²) in [5, 5.41) is 9.76. The van der Waals surface area contributed by atoms with E-state index in [0.29, 0.717) is 6.61 Å². The van der Waals surface area contributed by atoms with E-state index in [9.17, 15) is 5.11 Å². The fourth-order valence-electron chi connectivity index (χ4n) is 3.64. The number of hydrogen-bond acceptors (Lipinski definition) is 3. The van der Waals surface area contributed by atoms with Crippen molar-refractivity contribution in [3.05, 3.63) is 108 Å². The van der Waals surface area contributed by atoms with Gasteiger partial charge >= 0.3 is 0 Å². The summed E-state index contributed by atoms with van der Waals surface area (Å²) in [5.41, 5.74) is 5.30. The van der Waals surface area contributed by atoms with Crippen LogP contribution < -0.4 is 4.74 Å². The predicted octanol–water partition coefficient (Wildman–Crippen LogP) is 6.26. The Hall–Kier alpha value is -3.30. The molecule has 0 aromatic heterocycles. The highest BCUT2D eigenvalue weighted by Gasteiger charge is 2.12. The van der Waals surface area contributed by atoms with E-state index in [2.05, 4.69) is 49.6 Å². The Morgan fingerprint density at radius 1 is 0.839 bits per heavy atom. The van der Waals surface area contributed by atoms with Gasteiger partial charge in [-0.1, -0.05) is 81.1 Å². The van der Waals surface area contributed by atoms with Crippen LogP contribution in [0.1, 0.15) is 30.5 Å². The minimum absolute atomic E-state index is 0.250. The van der Waals surface area contributed by atoms with Crippen molar-refractivity contribution in [1.29, 1.82) is 0 Å². The SMILES string of the molecule is C=C/C(=C(/c1ccc(O)cc1)c1ccc(OCCN(CC)CC)cc1)c1ccccc1. The first kappa shape index (κ1) is 22.4. The van der Waals surface area contributed by atoms with Crippen LogP contribution >= 0.6 is 0 Å². The fraction of sp³-hybridized carbons (Fsp3) is 0.214. The molecule has 0 radical (unpaired) electrons. The van der Waals surface area contributed by atoms with Crippen molar-refractivity contribution >= 4 is 11.1 Å². The summed E-state index contributed by atoms with van der Waals surface area (Å²) in [5.74, 6) is 1.11. The molecule has 3 heteroatoms. The third-order valence-corrected chi connectivity index (χ3v) is 5.43. The van der Waals surface area contributed by atoms with E-state index in [-0.39, 0.29) is 5.75 Å². The number of nitrogens with zero attached hydrogens (tertiary/aromatic N) is 1. The van der Waals surface area contributed by atoms with Crippen LogP contribution in [-0.2, 0) is 0 Å². The van der Waals surface area contributed by atoms with Crippen LogP contribution in [0.4, 0.5) is 0 Å². The van der Waals surface area contributed by atoms with Crippen LogP contribution in [0.5, 0.6) is 11.5 Å². The lowest BCUT2D eigenvalue weighted by Crippen LogP contribution is -2.27. The minimum atomic E-state index is 0.250. The number of phenols is 1. The van der Waals surface area contributed by atoms with E-state index in [1.54, 1.807) is 12.1 Å². The average molecular weight is 414 g/mol. The molecule has 0 aliphatic carbocycles. The van der Waals surface area contributed by atoms with Crippen molar-refractivity contribution in [3.63, 3.8) is 0 Å². The third kappa shape index (κ3) is 5.87. The molecule has 31 heavy (non-hydrogen) atoms. The number of benzene rings is 3. The zero-order chi connectivity index (χ0) is 22.1. The summed E-state index contributed by atoms with van der Waals surface area (Å²) < 4.78 is 5.96. The highest BCUT2D eigenvalue weighted by Crippen LogP contribution is 2.34. The van der Waals surface area contributed by atoms with Gasteiger partial charge in [-0.2, -0.15) is 0 Å². The largest absolute Gasteiger partial charge is 0.508 e. The Morgan fingerprint density at radius 3 is 1.97 bits per heavy atom. The van der Waals surface area contributed by atoms with Gasteiger partial charge in [0.25, 0.3) is 0 Å². The molecule has 160 valence electrons. The molecule has 0 fully saturated rings. The Labute approximate surface area is 185 Å². The summed E-state index contributed by atoms with van der Waals surface area (Å²) >= 11 is 0. The number of allylic oxidation sites excluding steroid dienone is 2. The summed E-state index contributed by atoms with van der Waals surface area (Å²) in [6, 6.07) is 25.7. The lowest BCUT2D eigenvalue weighted by Gasteiger charge is -2.18. The van der Waals surface area contributed by atoms with Gasteiger partial charge in [0.15, 0.2) is 0 Å². The first-order valence-corrected chi connectivity index (χ1v) is 10.8. The quantitative estimate of drug-likeness (QED) is 0.315. The van der Waals surface area contributed by atoms with Gasteiger partial charge in [-0.3, -0.25) is 0 Å². The Morgan fingerprint density at radius 2 is 1.42 bits per heavy atom. The Bertz CT molecular complexity index is 985. The molecule has 3 aromatic carbocycles. The number of hydrogen-bond donors (Lipinski definition) is 1. The summed E-state index contributed by atoms with van der Waals surface area (Å²) in [7, 11) is 0. The van der Waals surface area contributed by atoms with E-state index < -0.39 is 0 Å². The summed E-state index contributed by atoms with van der Waals surface area (Å²) in [4.78, 5) is 2.34. The zero-order valence-electron chi connectivity index (χ0n) is 18.4. The maximum absolute atomic E-state index is 9.76. The molecule has 3 rings (SSSR count). The van der Waals surface area contributed by atoms with Crippen molar-refractivity contribution in [2.75, 3.05) is 26.2 Å². The molecule has 0 spiro atoms. The number of rotatable bonds is 10. The van der Waals surface area contributed by atoms with Crippen molar-refractivity contribution in [3.8, 4) is 11.5 Å². The first-order valence-electron chi connectivity index (χ1n) is 10.8. The van der Waals surface area contributed by atoms with E-state index in [1.807, 2.05) is 48.5 Å². The third-order valence-electron chi connectivity index (χ3n) is 5.43. The standard InChI is InChI=1S/C28H31NO2/c1-4-27(22-10-8-7-9-11-22)28(23-12-16-25(30)17-13-23)24-14-18-26(19-15-24)31-21-20-29(5-2)6-3/h4,7-19,30H,1,5-6,20-21H2,2-3H3/b28-27+. The number of aromatic hydroxyl groups is 1. The lowest BCUT2D eigenvalue weighted by molar-refractivity contribution is 0.223. The zero-order valence-corrected chi connectivity index (χ0v) is 18.4. The molecule has 3 nitrogen and oxygen atoms in total. The van der Waals surface area contributed by atoms with Crippen LogP contribution in [0, 0.1) is 0 Å². The van der Waals surface area contributed by atoms with Gasteiger partial charge in [0.1, 0.15) is 18.1 Å². The molecule has 0 atom stereocenters. The number of likely N-dealkylation sites (N-methyl/N-ethyl adjacent to an activating group) is 1. The molecule has 0 amide bonds. The molecule has 0 bridgehead atoms. The second-order valence-corrected chi connectivity index (χ2v) is 7.31. The maximum atomic E-state index is 9.76. The van der Waals surface area contributed by atoms with Crippen molar-refractivity contribution in [2.24, 2.45) is 0 Å². The van der Waals surface area contributed by atoms with E-state index in [4.69, 9.17) is 4.74 Å². The van der Waals surface area contributed by atoms with Crippen LogP contribution in [0.2, 0.25) is 0 Å². The van der Waals surface area contributed by atoms with E-state index in [0.717, 1.165) is 53.2 Å². The van der Waals surface area contributed by atoms with Crippen LogP contribution in [-0.4, -0.2) is 36.2 Å². The highest BCUT2D eigenvalue weighted by atomic mass is 16.5. The Balaban J connectivity index is 1.94. The van der Waals surface area contributed by atoms with Crippen molar-refractivity contribution < 1.29 is 9.84 Å².